The van der Waals surface area contributed by atoms with Crippen LogP contribution in [0.15, 0.2) is 47.5 Å². The van der Waals surface area contributed by atoms with Crippen molar-refractivity contribution in [3.05, 3.63) is 64.7 Å². The lowest BCUT2D eigenvalue weighted by Gasteiger charge is -2.27. The van der Waals surface area contributed by atoms with Gasteiger partial charge < -0.3 is 15.8 Å². The van der Waals surface area contributed by atoms with Gasteiger partial charge in [0.1, 0.15) is 5.75 Å². The summed E-state index contributed by atoms with van der Waals surface area (Å²) >= 11 is 0. The van der Waals surface area contributed by atoms with Gasteiger partial charge in [0.15, 0.2) is 5.96 Å². The molecule has 0 radical (unpaired) electrons. The summed E-state index contributed by atoms with van der Waals surface area (Å²) < 4.78 is 43.8. The Labute approximate surface area is 173 Å². The molecule has 2 aromatic rings. The number of rotatable bonds is 3. The second-order valence-electron chi connectivity index (χ2n) is 6.21. The molecule has 2 aromatic carbocycles. The fourth-order valence-electron chi connectivity index (χ4n) is 2.94. The van der Waals surface area contributed by atoms with Crippen molar-refractivity contribution in [1.82, 2.24) is 5.32 Å². The molecule has 0 aromatic heterocycles. The maximum Gasteiger partial charge on any atom is 0.416 e. The maximum atomic E-state index is 12.7. The van der Waals surface area contributed by atoms with Gasteiger partial charge in [-0.3, -0.25) is 0 Å². The smallest absolute Gasteiger partial charge is 0.416 e. The number of benzene rings is 2. The summed E-state index contributed by atoms with van der Waals surface area (Å²) in [5, 5.41) is 3.17. The van der Waals surface area contributed by atoms with Gasteiger partial charge in [0.25, 0.3) is 0 Å². The Morgan fingerprint density at radius 3 is 2.70 bits per heavy atom. The van der Waals surface area contributed by atoms with Gasteiger partial charge in [0, 0.05) is 12.0 Å². The van der Waals surface area contributed by atoms with Crippen LogP contribution in [0.4, 0.5) is 13.2 Å². The molecule has 0 saturated heterocycles. The van der Waals surface area contributed by atoms with Crippen molar-refractivity contribution in [3.63, 3.8) is 0 Å². The molecule has 0 spiro atoms. The van der Waals surface area contributed by atoms with Gasteiger partial charge in [-0.1, -0.05) is 24.3 Å². The molecule has 8 heteroatoms. The Hall–Kier alpha value is -1.97. The largest absolute Gasteiger partial charge is 0.493 e. The van der Waals surface area contributed by atoms with Gasteiger partial charge in [-0.05, 0) is 36.2 Å². The first kappa shape index (κ1) is 21.3. The SMILES string of the molecule is Cc1cc(C(F)(F)F)ccc1CN=C(N)NC1CCOc2ccccc21.I. The van der Waals surface area contributed by atoms with E-state index in [2.05, 4.69) is 10.3 Å². The zero-order valence-electron chi connectivity index (χ0n) is 14.7. The standard InChI is InChI=1S/C19H20F3N3O.HI/c1-12-10-14(19(20,21)22)7-6-13(12)11-24-18(23)25-16-8-9-26-17-5-3-2-4-15(16)17;/h2-7,10,16H,8-9,11H2,1H3,(H3,23,24,25);1H. The fraction of sp³-hybridized carbons (Fsp3) is 0.316. The van der Waals surface area contributed by atoms with E-state index in [1.807, 2.05) is 24.3 Å². The van der Waals surface area contributed by atoms with Crippen LogP contribution < -0.4 is 15.8 Å². The fourth-order valence-corrected chi connectivity index (χ4v) is 2.94. The van der Waals surface area contributed by atoms with E-state index < -0.39 is 11.7 Å². The quantitative estimate of drug-likeness (QED) is 0.376. The van der Waals surface area contributed by atoms with Crippen molar-refractivity contribution in [2.45, 2.75) is 32.1 Å². The van der Waals surface area contributed by atoms with Crippen molar-refractivity contribution in [2.75, 3.05) is 6.61 Å². The van der Waals surface area contributed by atoms with E-state index in [1.54, 1.807) is 6.92 Å². The van der Waals surface area contributed by atoms with Crippen LogP contribution >= 0.6 is 24.0 Å². The molecule has 3 rings (SSSR count). The number of ether oxygens (including phenoxy) is 1. The topological polar surface area (TPSA) is 59.6 Å². The number of nitrogens with one attached hydrogen (secondary N) is 1. The monoisotopic (exact) mass is 491 g/mol. The summed E-state index contributed by atoms with van der Waals surface area (Å²) in [5.74, 6) is 1.08. The van der Waals surface area contributed by atoms with Crippen molar-refractivity contribution in [2.24, 2.45) is 10.7 Å². The Morgan fingerprint density at radius 1 is 1.26 bits per heavy atom. The minimum Gasteiger partial charge on any atom is -0.493 e. The molecule has 27 heavy (non-hydrogen) atoms. The number of hydrogen-bond donors (Lipinski definition) is 2. The number of fused-ring (bicyclic) bond motifs is 1. The molecular weight excluding hydrogens is 470 g/mol. The minimum atomic E-state index is -4.34. The highest BCUT2D eigenvalue weighted by Gasteiger charge is 2.30. The molecule has 0 bridgehead atoms. The summed E-state index contributed by atoms with van der Waals surface area (Å²) in [6.07, 6.45) is -3.59. The third-order valence-corrected chi connectivity index (χ3v) is 4.37. The second-order valence-corrected chi connectivity index (χ2v) is 6.21. The number of nitrogens with two attached hydrogens (primary N) is 1. The molecule has 0 saturated carbocycles. The van der Waals surface area contributed by atoms with Gasteiger partial charge in [-0.15, -0.1) is 24.0 Å². The molecule has 1 atom stereocenters. The van der Waals surface area contributed by atoms with Crippen LogP contribution in [0.5, 0.6) is 5.75 Å². The lowest BCUT2D eigenvalue weighted by atomic mass is 10.0. The molecule has 1 aliphatic rings. The highest BCUT2D eigenvalue weighted by molar-refractivity contribution is 14.0. The van der Waals surface area contributed by atoms with Gasteiger partial charge >= 0.3 is 6.18 Å². The highest BCUT2D eigenvalue weighted by Crippen LogP contribution is 2.32. The predicted molar refractivity (Wildman–Crippen MR) is 109 cm³/mol. The lowest BCUT2D eigenvalue weighted by molar-refractivity contribution is -0.137. The summed E-state index contributed by atoms with van der Waals surface area (Å²) in [7, 11) is 0. The second kappa shape index (κ2) is 8.81. The third kappa shape index (κ3) is 5.27. The maximum absolute atomic E-state index is 12.7. The van der Waals surface area contributed by atoms with Crippen LogP contribution in [-0.4, -0.2) is 12.6 Å². The average Bonchev–Trinajstić information content (AvgIpc) is 2.60. The van der Waals surface area contributed by atoms with E-state index in [0.29, 0.717) is 17.7 Å². The van der Waals surface area contributed by atoms with Crippen LogP contribution in [0, 0.1) is 6.92 Å². The van der Waals surface area contributed by atoms with Gasteiger partial charge in [-0.2, -0.15) is 13.2 Å². The number of guanidine groups is 1. The molecule has 4 nitrogen and oxygen atoms in total. The van der Waals surface area contributed by atoms with E-state index >= 15 is 0 Å². The first-order valence-corrected chi connectivity index (χ1v) is 8.29. The van der Waals surface area contributed by atoms with Crippen molar-refractivity contribution in [1.29, 1.82) is 0 Å². The van der Waals surface area contributed by atoms with E-state index in [0.717, 1.165) is 29.9 Å². The Morgan fingerprint density at radius 2 is 2.00 bits per heavy atom. The zero-order chi connectivity index (χ0) is 18.7. The third-order valence-electron chi connectivity index (χ3n) is 4.37. The first-order chi connectivity index (χ1) is 12.3. The average molecular weight is 491 g/mol. The number of alkyl halides is 3. The number of nitrogens with zero attached hydrogens (tertiary/aromatic N) is 1. The van der Waals surface area contributed by atoms with Crippen molar-refractivity contribution in [3.8, 4) is 5.75 Å². The van der Waals surface area contributed by atoms with Gasteiger partial charge in [0.05, 0.1) is 24.8 Å². The van der Waals surface area contributed by atoms with Crippen LogP contribution in [0.3, 0.4) is 0 Å². The number of para-hydroxylation sites is 1. The van der Waals surface area contributed by atoms with Gasteiger partial charge in [0.2, 0.25) is 0 Å². The molecule has 3 N–H and O–H groups in total. The van der Waals surface area contributed by atoms with Crippen molar-refractivity contribution < 1.29 is 17.9 Å². The van der Waals surface area contributed by atoms with Crippen molar-refractivity contribution >= 4 is 29.9 Å². The van der Waals surface area contributed by atoms with E-state index in [4.69, 9.17) is 10.5 Å². The normalized spacial score (nSPS) is 16.7. The van der Waals surface area contributed by atoms with Gasteiger partial charge in [-0.25, -0.2) is 4.99 Å². The lowest BCUT2D eigenvalue weighted by Crippen LogP contribution is -2.37. The molecule has 1 unspecified atom stereocenters. The van der Waals surface area contributed by atoms with E-state index in [1.165, 1.54) is 6.07 Å². The summed E-state index contributed by atoms with van der Waals surface area (Å²) in [6.45, 7) is 2.44. The van der Waals surface area contributed by atoms with E-state index in [9.17, 15) is 13.2 Å². The van der Waals surface area contributed by atoms with Crippen LogP contribution in [-0.2, 0) is 12.7 Å². The molecule has 0 fully saturated rings. The summed E-state index contributed by atoms with van der Waals surface area (Å²) in [4.78, 5) is 4.28. The van der Waals surface area contributed by atoms with Crippen LogP contribution in [0.25, 0.3) is 0 Å². The molecule has 1 heterocycles. The molecule has 1 aliphatic heterocycles. The number of aryl methyl sites for hydroxylation is 1. The zero-order valence-corrected chi connectivity index (χ0v) is 17.0. The number of halogens is 4. The first-order valence-electron chi connectivity index (χ1n) is 8.29. The number of hydrogen-bond acceptors (Lipinski definition) is 2. The highest BCUT2D eigenvalue weighted by atomic mass is 127. The molecule has 0 amide bonds. The Bertz CT molecular complexity index is 824. The van der Waals surface area contributed by atoms with E-state index in [-0.39, 0.29) is 42.5 Å². The predicted octanol–water partition coefficient (Wildman–Crippen LogP) is 4.56. The Balaban J connectivity index is 0.00000261. The summed E-state index contributed by atoms with van der Waals surface area (Å²) in [6, 6.07) is 11.4. The molecule has 146 valence electrons. The Kier molecular flexibility index (Phi) is 6.96. The molecular formula is C19H21F3IN3O. The minimum absolute atomic E-state index is 0. The van der Waals surface area contributed by atoms with Crippen LogP contribution in [0.1, 0.15) is 34.7 Å². The number of aliphatic imine (C=N–C) groups is 1. The van der Waals surface area contributed by atoms with Crippen LogP contribution in [0.2, 0.25) is 0 Å². The molecule has 0 aliphatic carbocycles. The summed E-state index contributed by atoms with van der Waals surface area (Å²) in [5.41, 5.74) is 7.57.